The van der Waals surface area contributed by atoms with Crippen molar-refractivity contribution in [2.24, 2.45) is 17.6 Å². The number of nitrogens with two attached hydrogens (primary N) is 1. The number of rotatable bonds is 6. The third kappa shape index (κ3) is 4.29. The molecular formula is C22H28N6O. The molecule has 1 saturated carbocycles. The molecule has 1 aliphatic heterocycles. The molecule has 2 fully saturated rings. The summed E-state index contributed by atoms with van der Waals surface area (Å²) in [6.07, 6.45) is 8.57. The van der Waals surface area contributed by atoms with Gasteiger partial charge >= 0.3 is 0 Å². The van der Waals surface area contributed by atoms with Crippen LogP contribution in [0.3, 0.4) is 0 Å². The first-order valence-corrected chi connectivity index (χ1v) is 10.4. The first-order chi connectivity index (χ1) is 14.2. The predicted molar refractivity (Wildman–Crippen MR) is 114 cm³/mol. The van der Waals surface area contributed by atoms with Crippen LogP contribution in [0.15, 0.2) is 36.7 Å². The smallest absolute Gasteiger partial charge is 0.225 e. The van der Waals surface area contributed by atoms with E-state index in [4.69, 9.17) is 11.1 Å². The number of fused-ring (bicyclic) bond motifs is 1. The summed E-state index contributed by atoms with van der Waals surface area (Å²) in [7, 11) is 0. The van der Waals surface area contributed by atoms with Crippen LogP contribution in [0, 0.1) is 17.2 Å². The lowest BCUT2D eigenvalue weighted by Gasteiger charge is -2.39. The quantitative estimate of drug-likeness (QED) is 0.653. The molecule has 0 atom stereocenters. The minimum absolute atomic E-state index is 0.184. The SMILES string of the molecule is N=C/C(=C\NC1CCN(C(=O)C2CC(CN)C2)CC1)c1cnc2ccccc2n1. The van der Waals surface area contributed by atoms with Gasteiger partial charge in [0.1, 0.15) is 0 Å². The number of nitrogens with one attached hydrogen (secondary N) is 2. The van der Waals surface area contributed by atoms with Crippen LogP contribution in [0.1, 0.15) is 31.4 Å². The van der Waals surface area contributed by atoms with Crippen LogP contribution >= 0.6 is 0 Å². The van der Waals surface area contributed by atoms with Crippen molar-refractivity contribution < 1.29 is 4.79 Å². The minimum Gasteiger partial charge on any atom is -0.387 e. The molecule has 4 rings (SSSR count). The Morgan fingerprint density at radius 2 is 1.97 bits per heavy atom. The second-order valence-electron chi connectivity index (χ2n) is 8.02. The van der Waals surface area contributed by atoms with Gasteiger partial charge in [-0.3, -0.25) is 9.78 Å². The maximum Gasteiger partial charge on any atom is 0.225 e. The standard InChI is InChI=1S/C22H28N6O/c23-11-15-9-16(10-15)22(29)28-7-5-18(6-8-28)25-13-17(12-24)21-14-26-19-3-1-2-4-20(19)27-21/h1-4,12-16,18,24-25H,5-11,23H2/b17-13+,24-12?. The van der Waals surface area contributed by atoms with Crippen LogP contribution in [0.25, 0.3) is 16.6 Å². The maximum absolute atomic E-state index is 12.6. The average Bonchev–Trinajstić information content (AvgIpc) is 2.73. The van der Waals surface area contributed by atoms with Crippen molar-refractivity contribution in [3.8, 4) is 0 Å². The zero-order valence-corrected chi connectivity index (χ0v) is 16.6. The molecule has 0 spiro atoms. The summed E-state index contributed by atoms with van der Waals surface area (Å²) in [6, 6.07) is 8.00. The van der Waals surface area contributed by atoms with Crippen LogP contribution in [-0.4, -0.2) is 52.7 Å². The summed E-state index contributed by atoms with van der Waals surface area (Å²) in [6.45, 7) is 2.26. The molecule has 7 nitrogen and oxygen atoms in total. The van der Waals surface area contributed by atoms with Gasteiger partial charge in [-0.2, -0.15) is 0 Å². The maximum atomic E-state index is 12.6. The largest absolute Gasteiger partial charge is 0.387 e. The van der Waals surface area contributed by atoms with Gasteiger partial charge in [-0.1, -0.05) is 12.1 Å². The molecule has 7 heteroatoms. The van der Waals surface area contributed by atoms with Crippen molar-refractivity contribution in [2.75, 3.05) is 19.6 Å². The molecule has 0 unspecified atom stereocenters. The van der Waals surface area contributed by atoms with Gasteiger partial charge in [0.25, 0.3) is 0 Å². The number of carbonyl (C=O) groups excluding carboxylic acids is 1. The Hall–Kier alpha value is -2.80. The second-order valence-corrected chi connectivity index (χ2v) is 8.02. The molecule has 1 aromatic carbocycles. The van der Waals surface area contributed by atoms with Crippen LogP contribution in [-0.2, 0) is 4.79 Å². The molecule has 2 aliphatic rings. The Balaban J connectivity index is 1.32. The van der Waals surface area contributed by atoms with E-state index in [1.165, 1.54) is 6.21 Å². The summed E-state index contributed by atoms with van der Waals surface area (Å²) in [5.41, 5.74) is 8.71. The first kappa shape index (κ1) is 19.5. The van der Waals surface area contributed by atoms with Crippen molar-refractivity contribution >= 4 is 28.7 Å². The Labute approximate surface area is 170 Å². The van der Waals surface area contributed by atoms with Crippen molar-refractivity contribution in [3.05, 3.63) is 42.4 Å². The summed E-state index contributed by atoms with van der Waals surface area (Å²) in [5.74, 6) is 1.02. The number of carbonyl (C=O) groups is 1. The van der Waals surface area contributed by atoms with Crippen molar-refractivity contribution in [2.45, 2.75) is 31.7 Å². The van der Waals surface area contributed by atoms with Gasteiger partial charge < -0.3 is 21.4 Å². The van der Waals surface area contributed by atoms with Crippen molar-refractivity contribution in [1.29, 1.82) is 5.41 Å². The molecule has 2 heterocycles. The number of hydrogen-bond acceptors (Lipinski definition) is 6. The van der Waals surface area contributed by atoms with Crippen LogP contribution in [0.4, 0.5) is 0 Å². The van der Waals surface area contributed by atoms with Crippen LogP contribution < -0.4 is 11.1 Å². The Morgan fingerprint density at radius 1 is 1.24 bits per heavy atom. The van der Waals surface area contributed by atoms with Gasteiger partial charge in [-0.15, -0.1) is 0 Å². The Bertz CT molecular complexity index is 912. The fraction of sp³-hybridized carbons (Fsp3) is 0.455. The second kappa shape index (κ2) is 8.69. The fourth-order valence-electron chi connectivity index (χ4n) is 4.15. The first-order valence-electron chi connectivity index (χ1n) is 10.4. The highest BCUT2D eigenvalue weighted by Crippen LogP contribution is 2.34. The number of amides is 1. The molecule has 152 valence electrons. The number of para-hydroxylation sites is 2. The van der Waals surface area contributed by atoms with Gasteiger partial charge in [0.2, 0.25) is 5.91 Å². The molecule has 0 bridgehead atoms. The molecule has 1 aromatic heterocycles. The van der Waals surface area contributed by atoms with E-state index in [0.717, 1.165) is 49.8 Å². The van der Waals surface area contributed by atoms with Crippen molar-refractivity contribution in [3.63, 3.8) is 0 Å². The van der Waals surface area contributed by atoms with Gasteiger partial charge in [0, 0.05) is 43.0 Å². The molecule has 29 heavy (non-hydrogen) atoms. The zero-order valence-electron chi connectivity index (χ0n) is 16.6. The van der Waals surface area contributed by atoms with E-state index in [1.54, 1.807) is 6.20 Å². The molecule has 2 aromatic rings. The normalized spacial score (nSPS) is 22.9. The molecule has 1 saturated heterocycles. The summed E-state index contributed by atoms with van der Waals surface area (Å²) in [5, 5.41) is 11.2. The molecule has 1 amide bonds. The van der Waals surface area contributed by atoms with Crippen LogP contribution in [0.2, 0.25) is 0 Å². The van der Waals surface area contributed by atoms with E-state index in [9.17, 15) is 4.79 Å². The van der Waals surface area contributed by atoms with E-state index in [2.05, 4.69) is 15.3 Å². The van der Waals surface area contributed by atoms with Gasteiger partial charge in [0.15, 0.2) is 0 Å². The molecular weight excluding hydrogens is 364 g/mol. The van der Waals surface area contributed by atoms with E-state index in [0.29, 0.717) is 35.7 Å². The molecule has 1 aliphatic carbocycles. The lowest BCUT2D eigenvalue weighted by molar-refractivity contribution is -0.140. The highest BCUT2D eigenvalue weighted by molar-refractivity contribution is 6.07. The van der Waals surface area contributed by atoms with E-state index < -0.39 is 0 Å². The fourth-order valence-corrected chi connectivity index (χ4v) is 4.15. The number of aromatic nitrogens is 2. The average molecular weight is 393 g/mol. The third-order valence-electron chi connectivity index (χ3n) is 6.10. The van der Waals surface area contributed by atoms with E-state index in [1.807, 2.05) is 35.4 Å². The van der Waals surface area contributed by atoms with E-state index >= 15 is 0 Å². The lowest BCUT2D eigenvalue weighted by atomic mass is 9.74. The lowest BCUT2D eigenvalue weighted by Crippen LogP contribution is -2.48. The number of piperidine rings is 1. The zero-order chi connectivity index (χ0) is 20.2. The highest BCUT2D eigenvalue weighted by Gasteiger charge is 2.36. The van der Waals surface area contributed by atoms with Gasteiger partial charge in [-0.05, 0) is 50.3 Å². The Morgan fingerprint density at radius 3 is 2.66 bits per heavy atom. The summed E-state index contributed by atoms with van der Waals surface area (Å²) >= 11 is 0. The van der Waals surface area contributed by atoms with Gasteiger partial charge in [0.05, 0.1) is 22.9 Å². The molecule has 4 N–H and O–H groups in total. The number of nitrogens with zero attached hydrogens (tertiary/aromatic N) is 3. The molecule has 0 radical (unpaired) electrons. The number of benzene rings is 1. The summed E-state index contributed by atoms with van der Waals surface area (Å²) < 4.78 is 0. The number of likely N-dealkylation sites (tertiary alicyclic amines) is 1. The van der Waals surface area contributed by atoms with Crippen LogP contribution in [0.5, 0.6) is 0 Å². The topological polar surface area (TPSA) is 108 Å². The highest BCUT2D eigenvalue weighted by atomic mass is 16.2. The number of allylic oxidation sites excluding steroid dienone is 1. The minimum atomic E-state index is 0.184. The van der Waals surface area contributed by atoms with E-state index in [-0.39, 0.29) is 5.92 Å². The van der Waals surface area contributed by atoms with Crippen molar-refractivity contribution in [1.82, 2.24) is 20.2 Å². The third-order valence-corrected chi connectivity index (χ3v) is 6.10. The van der Waals surface area contributed by atoms with Gasteiger partial charge in [-0.25, -0.2) is 4.98 Å². The number of hydrogen-bond donors (Lipinski definition) is 3. The summed E-state index contributed by atoms with van der Waals surface area (Å²) in [4.78, 5) is 23.6. The monoisotopic (exact) mass is 392 g/mol. The Kier molecular flexibility index (Phi) is 5.85. The predicted octanol–water partition coefficient (Wildman–Crippen LogP) is 2.19.